The molecular weight excluding hydrogens is 352 g/mol. The summed E-state index contributed by atoms with van der Waals surface area (Å²) in [6.45, 7) is 1.88. The molecule has 0 saturated heterocycles. The van der Waals surface area contributed by atoms with E-state index in [2.05, 4.69) is 10.5 Å². The highest BCUT2D eigenvalue weighted by atomic mass is 35.5. The first kappa shape index (κ1) is 17.8. The Kier molecular flexibility index (Phi) is 5.09. The first-order chi connectivity index (χ1) is 12.5. The lowest BCUT2D eigenvalue weighted by atomic mass is 10.0. The van der Waals surface area contributed by atoms with Crippen molar-refractivity contribution >= 4 is 39.7 Å². The fourth-order valence-corrected chi connectivity index (χ4v) is 2.75. The molecule has 0 heterocycles. The summed E-state index contributed by atoms with van der Waals surface area (Å²) in [6, 6.07) is 16.6. The van der Waals surface area contributed by atoms with Gasteiger partial charge in [-0.3, -0.25) is 5.43 Å². The second-order valence-corrected chi connectivity index (χ2v) is 6.14. The molecule has 3 rings (SSSR count). The number of hydrogen-bond donors (Lipinski definition) is 2. The summed E-state index contributed by atoms with van der Waals surface area (Å²) >= 11 is 5.87. The van der Waals surface area contributed by atoms with Gasteiger partial charge < -0.3 is 9.84 Å². The number of fused-ring (bicyclic) bond motifs is 1. The minimum atomic E-state index is -1.08. The first-order valence-electron chi connectivity index (χ1n) is 7.89. The zero-order valence-corrected chi connectivity index (χ0v) is 15.0. The number of rotatable bonds is 5. The summed E-state index contributed by atoms with van der Waals surface area (Å²) < 4.78 is 5.24. The van der Waals surface area contributed by atoms with Gasteiger partial charge >= 0.3 is 5.97 Å². The molecule has 0 aliphatic rings. The van der Waals surface area contributed by atoms with Crippen LogP contribution in [0.3, 0.4) is 0 Å². The number of nitrogens with zero attached hydrogens (tertiary/aromatic N) is 1. The predicted octanol–water partition coefficient (Wildman–Crippen LogP) is 5.04. The van der Waals surface area contributed by atoms with E-state index in [0.717, 1.165) is 27.8 Å². The van der Waals surface area contributed by atoms with E-state index in [0.29, 0.717) is 5.69 Å². The van der Waals surface area contributed by atoms with Gasteiger partial charge in [0.15, 0.2) is 0 Å². The van der Waals surface area contributed by atoms with E-state index < -0.39 is 5.97 Å². The Labute approximate surface area is 155 Å². The van der Waals surface area contributed by atoms with Crippen molar-refractivity contribution in [3.8, 4) is 5.75 Å². The van der Waals surface area contributed by atoms with Crippen molar-refractivity contribution < 1.29 is 14.6 Å². The number of carbonyl (C=O) groups is 1. The highest BCUT2D eigenvalue weighted by Crippen LogP contribution is 2.23. The molecule has 0 aromatic heterocycles. The molecule has 0 saturated carbocycles. The Bertz CT molecular complexity index is 1020. The van der Waals surface area contributed by atoms with Crippen LogP contribution in [0.4, 0.5) is 5.69 Å². The summed E-state index contributed by atoms with van der Waals surface area (Å²) in [7, 11) is 1.64. The third-order valence-electron chi connectivity index (χ3n) is 4.01. The molecule has 5 nitrogen and oxygen atoms in total. The molecule has 0 bridgehead atoms. The fraction of sp³-hybridized carbons (Fsp3) is 0.100. The molecule has 3 aromatic rings. The van der Waals surface area contributed by atoms with Crippen molar-refractivity contribution in [2.24, 2.45) is 5.10 Å². The molecule has 0 spiro atoms. The van der Waals surface area contributed by atoms with Crippen LogP contribution >= 0.6 is 11.6 Å². The maximum Gasteiger partial charge on any atom is 0.337 e. The molecule has 26 heavy (non-hydrogen) atoms. The summed E-state index contributed by atoms with van der Waals surface area (Å²) in [6.07, 6.45) is 0. The molecule has 3 aromatic carbocycles. The lowest BCUT2D eigenvalue weighted by Crippen LogP contribution is -2.02. The van der Waals surface area contributed by atoms with Crippen molar-refractivity contribution in [1.82, 2.24) is 0 Å². The van der Waals surface area contributed by atoms with Crippen LogP contribution in [0.2, 0.25) is 5.02 Å². The molecule has 0 amide bonds. The van der Waals surface area contributed by atoms with E-state index in [-0.39, 0.29) is 10.6 Å². The third kappa shape index (κ3) is 3.78. The van der Waals surface area contributed by atoms with E-state index in [1.807, 2.05) is 43.3 Å². The highest BCUT2D eigenvalue weighted by Gasteiger charge is 2.09. The van der Waals surface area contributed by atoms with Gasteiger partial charge in [-0.05, 0) is 59.7 Å². The molecule has 6 heteroatoms. The maximum absolute atomic E-state index is 11.1. The molecule has 132 valence electrons. The van der Waals surface area contributed by atoms with Crippen molar-refractivity contribution in [1.29, 1.82) is 0 Å². The smallest absolute Gasteiger partial charge is 0.337 e. The minimum absolute atomic E-state index is 0.0316. The number of aromatic carboxylic acids is 1. The second kappa shape index (κ2) is 7.45. The largest absolute Gasteiger partial charge is 0.497 e. The molecule has 2 N–H and O–H groups in total. The molecule has 0 radical (unpaired) electrons. The number of anilines is 1. The van der Waals surface area contributed by atoms with Gasteiger partial charge in [0, 0.05) is 0 Å². The number of benzene rings is 3. The number of carboxylic acids is 1. The molecule has 0 aliphatic heterocycles. The van der Waals surface area contributed by atoms with Crippen LogP contribution in [0.5, 0.6) is 5.75 Å². The number of hydrazone groups is 1. The SMILES string of the molecule is COc1ccc2cc(/C(C)=N/Nc3ccc(Cl)c(C(=O)O)c3)ccc2c1. The molecule has 0 aliphatic carbocycles. The Morgan fingerprint density at radius 2 is 1.81 bits per heavy atom. The van der Waals surface area contributed by atoms with E-state index >= 15 is 0 Å². The van der Waals surface area contributed by atoms with Crippen molar-refractivity contribution in [2.75, 3.05) is 12.5 Å². The molecule has 0 fully saturated rings. The second-order valence-electron chi connectivity index (χ2n) is 5.74. The number of halogens is 1. The zero-order chi connectivity index (χ0) is 18.7. The average Bonchev–Trinajstić information content (AvgIpc) is 2.65. The Hall–Kier alpha value is -3.05. The van der Waals surface area contributed by atoms with Gasteiger partial charge in [0.25, 0.3) is 0 Å². The normalized spacial score (nSPS) is 11.4. The van der Waals surface area contributed by atoms with Gasteiger partial charge in [0.1, 0.15) is 5.75 Å². The van der Waals surface area contributed by atoms with Crippen molar-refractivity contribution in [3.05, 3.63) is 70.7 Å². The van der Waals surface area contributed by atoms with Gasteiger partial charge in [-0.25, -0.2) is 4.79 Å². The average molecular weight is 369 g/mol. The van der Waals surface area contributed by atoms with E-state index in [9.17, 15) is 4.79 Å². The van der Waals surface area contributed by atoms with Crippen LogP contribution in [0.1, 0.15) is 22.8 Å². The maximum atomic E-state index is 11.1. The lowest BCUT2D eigenvalue weighted by molar-refractivity contribution is 0.0697. The van der Waals surface area contributed by atoms with Gasteiger partial charge in [0.05, 0.1) is 29.1 Å². The minimum Gasteiger partial charge on any atom is -0.497 e. The standard InChI is InChI=1S/C20H17ClN2O3/c1-12(22-23-16-6-8-19(21)18(11-16)20(24)25)13-3-4-15-10-17(26-2)7-5-14(15)9-13/h3-11,23H,1-2H3,(H,24,25)/b22-12+. The van der Waals surface area contributed by atoms with Crippen LogP contribution in [-0.4, -0.2) is 23.9 Å². The quantitative estimate of drug-likeness (QED) is 0.489. The summed E-state index contributed by atoms with van der Waals surface area (Å²) in [5.41, 5.74) is 5.20. The zero-order valence-electron chi connectivity index (χ0n) is 14.3. The molecular formula is C20H17ClN2O3. The third-order valence-corrected chi connectivity index (χ3v) is 4.34. The monoisotopic (exact) mass is 368 g/mol. The van der Waals surface area contributed by atoms with Crippen LogP contribution < -0.4 is 10.2 Å². The fourth-order valence-electron chi connectivity index (χ4n) is 2.55. The van der Waals surface area contributed by atoms with Crippen LogP contribution in [0.25, 0.3) is 10.8 Å². The topological polar surface area (TPSA) is 70.9 Å². The number of hydrogen-bond acceptors (Lipinski definition) is 4. The number of methoxy groups -OCH3 is 1. The summed E-state index contributed by atoms with van der Waals surface area (Å²) in [4.78, 5) is 11.1. The Morgan fingerprint density at radius 1 is 1.08 bits per heavy atom. The van der Waals surface area contributed by atoms with Gasteiger partial charge in [0.2, 0.25) is 0 Å². The van der Waals surface area contributed by atoms with E-state index in [1.54, 1.807) is 13.2 Å². The number of nitrogens with one attached hydrogen (secondary N) is 1. The molecule has 0 unspecified atom stereocenters. The number of ether oxygens (including phenoxy) is 1. The van der Waals surface area contributed by atoms with E-state index in [1.165, 1.54) is 12.1 Å². The van der Waals surface area contributed by atoms with Gasteiger partial charge in [-0.2, -0.15) is 5.10 Å². The summed E-state index contributed by atoms with van der Waals surface area (Å²) in [5.74, 6) is -0.265. The first-order valence-corrected chi connectivity index (χ1v) is 8.27. The number of carboxylic acid groups (broad SMARTS) is 1. The Balaban J connectivity index is 1.84. The van der Waals surface area contributed by atoms with E-state index in [4.69, 9.17) is 21.4 Å². The van der Waals surface area contributed by atoms with Crippen molar-refractivity contribution in [2.45, 2.75) is 6.92 Å². The van der Waals surface area contributed by atoms with Crippen LogP contribution in [0, 0.1) is 0 Å². The van der Waals surface area contributed by atoms with Gasteiger partial charge in [-0.15, -0.1) is 0 Å². The van der Waals surface area contributed by atoms with Gasteiger partial charge in [-0.1, -0.05) is 29.8 Å². The highest BCUT2D eigenvalue weighted by molar-refractivity contribution is 6.33. The Morgan fingerprint density at radius 3 is 2.54 bits per heavy atom. The predicted molar refractivity (Wildman–Crippen MR) is 105 cm³/mol. The van der Waals surface area contributed by atoms with Crippen molar-refractivity contribution in [3.63, 3.8) is 0 Å². The molecule has 0 atom stereocenters. The van der Waals surface area contributed by atoms with Crippen LogP contribution in [0.15, 0.2) is 59.7 Å². The van der Waals surface area contributed by atoms with Crippen LogP contribution in [-0.2, 0) is 0 Å². The lowest BCUT2D eigenvalue weighted by Gasteiger charge is -2.07. The summed E-state index contributed by atoms with van der Waals surface area (Å²) in [5, 5.41) is 15.8.